The van der Waals surface area contributed by atoms with Gasteiger partial charge in [0.2, 0.25) is 5.82 Å². The Labute approximate surface area is 141 Å². The van der Waals surface area contributed by atoms with E-state index in [4.69, 9.17) is 0 Å². The van der Waals surface area contributed by atoms with Crippen molar-refractivity contribution in [3.8, 4) is 0 Å². The molecule has 9 heteroatoms. The number of aromatic nitrogens is 3. The second-order valence-electron chi connectivity index (χ2n) is 6.28. The molecule has 0 spiro atoms. The van der Waals surface area contributed by atoms with E-state index in [0.29, 0.717) is 4.96 Å². The van der Waals surface area contributed by atoms with Crippen molar-refractivity contribution in [3.63, 3.8) is 0 Å². The van der Waals surface area contributed by atoms with Crippen LogP contribution in [0.4, 0.5) is 11.6 Å². The minimum Gasteiger partial charge on any atom is -0.358 e. The molecule has 0 bridgehead atoms. The van der Waals surface area contributed by atoms with Gasteiger partial charge in [-0.05, 0) is 11.8 Å². The van der Waals surface area contributed by atoms with Crippen molar-refractivity contribution in [2.75, 3.05) is 5.32 Å². The van der Waals surface area contributed by atoms with Crippen molar-refractivity contribution >= 4 is 39.3 Å². The lowest BCUT2D eigenvalue weighted by Gasteiger charge is -2.15. The van der Waals surface area contributed by atoms with Crippen LogP contribution in [0.2, 0.25) is 0 Å². The van der Waals surface area contributed by atoms with E-state index in [2.05, 4.69) is 36.1 Å². The lowest BCUT2D eigenvalue weighted by Crippen LogP contribution is -2.13. The molecule has 0 saturated heterocycles. The molecule has 0 aliphatic carbocycles. The molecule has 3 aromatic rings. The van der Waals surface area contributed by atoms with Crippen molar-refractivity contribution in [2.45, 2.75) is 39.2 Å². The third kappa shape index (κ3) is 2.93. The summed E-state index contributed by atoms with van der Waals surface area (Å²) >= 11 is 2.92. The largest absolute Gasteiger partial charge is 0.372 e. The number of hydrogen-bond acceptors (Lipinski definition) is 7. The first kappa shape index (κ1) is 15.9. The van der Waals surface area contributed by atoms with Crippen LogP contribution in [0.1, 0.15) is 44.4 Å². The maximum absolute atomic E-state index is 11.3. The van der Waals surface area contributed by atoms with Crippen LogP contribution < -0.4 is 5.32 Å². The summed E-state index contributed by atoms with van der Waals surface area (Å²) in [6.45, 7) is 8.26. The van der Waals surface area contributed by atoms with Crippen molar-refractivity contribution in [2.24, 2.45) is 0 Å². The lowest BCUT2D eigenvalue weighted by molar-refractivity contribution is -0.389. The zero-order valence-corrected chi connectivity index (χ0v) is 14.9. The monoisotopic (exact) mass is 351 g/mol. The number of thiazole rings is 2. The fraction of sp³-hybridized carbons (Fsp3) is 0.429. The standard InChI is InChI=1S/C14H17N5O2S2/c1-8(11-16-9(7-23-11)14(2,3)4)15-10-12(19(20)21)18-5-6-22-13(18)17-10/h5-8,15H,1-4H3. The smallest absolute Gasteiger partial charge is 0.358 e. The Kier molecular flexibility index (Phi) is 3.85. The highest BCUT2D eigenvalue weighted by Crippen LogP contribution is 2.32. The van der Waals surface area contributed by atoms with Crippen LogP contribution in [0.25, 0.3) is 4.96 Å². The predicted molar refractivity (Wildman–Crippen MR) is 92.6 cm³/mol. The van der Waals surface area contributed by atoms with Gasteiger partial charge in [0.05, 0.1) is 11.7 Å². The quantitative estimate of drug-likeness (QED) is 0.561. The number of fused-ring (bicyclic) bond motifs is 1. The first-order valence-electron chi connectivity index (χ1n) is 7.09. The van der Waals surface area contributed by atoms with Crippen LogP contribution in [-0.2, 0) is 5.41 Å². The van der Waals surface area contributed by atoms with Gasteiger partial charge in [0.1, 0.15) is 11.2 Å². The van der Waals surface area contributed by atoms with Crippen molar-refractivity contribution in [1.29, 1.82) is 0 Å². The van der Waals surface area contributed by atoms with Gasteiger partial charge in [0.25, 0.3) is 4.96 Å². The molecule has 0 amide bonds. The van der Waals surface area contributed by atoms with E-state index < -0.39 is 4.92 Å². The molecule has 0 saturated carbocycles. The van der Waals surface area contributed by atoms with E-state index >= 15 is 0 Å². The fourth-order valence-corrected chi connectivity index (χ4v) is 3.90. The molecule has 0 aromatic carbocycles. The molecule has 1 N–H and O–H groups in total. The molecule has 1 unspecified atom stereocenters. The first-order valence-corrected chi connectivity index (χ1v) is 8.85. The molecule has 122 valence electrons. The number of hydrogen-bond donors (Lipinski definition) is 1. The third-order valence-corrected chi connectivity index (χ3v) is 5.21. The van der Waals surface area contributed by atoms with Crippen LogP contribution in [0, 0.1) is 10.1 Å². The molecule has 3 aromatic heterocycles. The maximum Gasteiger partial charge on any atom is 0.372 e. The molecule has 3 rings (SSSR count). The summed E-state index contributed by atoms with van der Waals surface area (Å²) in [7, 11) is 0. The zero-order chi connectivity index (χ0) is 16.8. The van der Waals surface area contributed by atoms with Gasteiger partial charge in [-0.3, -0.25) is 0 Å². The maximum atomic E-state index is 11.3. The minimum atomic E-state index is -0.412. The van der Waals surface area contributed by atoms with Crippen LogP contribution in [-0.4, -0.2) is 19.3 Å². The summed E-state index contributed by atoms with van der Waals surface area (Å²) in [4.78, 5) is 20.5. The Morgan fingerprint density at radius 2 is 2.09 bits per heavy atom. The van der Waals surface area contributed by atoms with Gasteiger partial charge >= 0.3 is 5.82 Å². The number of nitrogens with zero attached hydrogens (tertiary/aromatic N) is 4. The Morgan fingerprint density at radius 1 is 1.35 bits per heavy atom. The number of anilines is 1. The Bertz CT molecular complexity index is 858. The average Bonchev–Trinajstić information content (AvgIpc) is 3.11. The summed E-state index contributed by atoms with van der Waals surface area (Å²) in [6.07, 6.45) is 1.65. The summed E-state index contributed by atoms with van der Waals surface area (Å²) in [5.74, 6) is 0.238. The fourth-order valence-electron chi connectivity index (χ4n) is 2.14. The average molecular weight is 351 g/mol. The van der Waals surface area contributed by atoms with Crippen molar-refractivity contribution in [1.82, 2.24) is 14.4 Å². The van der Waals surface area contributed by atoms with Gasteiger partial charge in [-0.1, -0.05) is 32.1 Å². The molecule has 0 aliphatic heterocycles. The lowest BCUT2D eigenvalue weighted by atomic mass is 9.93. The van der Waals surface area contributed by atoms with Crippen LogP contribution >= 0.6 is 22.7 Å². The van der Waals surface area contributed by atoms with Crippen LogP contribution in [0.15, 0.2) is 17.0 Å². The summed E-state index contributed by atoms with van der Waals surface area (Å²) in [6, 6.07) is -0.153. The van der Waals surface area contributed by atoms with Crippen LogP contribution in [0.3, 0.4) is 0 Å². The molecule has 1 atom stereocenters. The molecule has 7 nitrogen and oxygen atoms in total. The predicted octanol–water partition coefficient (Wildman–Crippen LogP) is 4.23. The summed E-state index contributed by atoms with van der Waals surface area (Å²) < 4.78 is 1.49. The molecule has 0 fully saturated rings. The Morgan fingerprint density at radius 3 is 2.70 bits per heavy atom. The number of imidazole rings is 1. The topological polar surface area (TPSA) is 85.4 Å². The second-order valence-corrected chi connectivity index (χ2v) is 8.05. The van der Waals surface area contributed by atoms with Gasteiger partial charge in [-0.15, -0.1) is 11.3 Å². The first-order chi connectivity index (χ1) is 10.8. The van der Waals surface area contributed by atoms with E-state index in [1.807, 2.05) is 12.3 Å². The summed E-state index contributed by atoms with van der Waals surface area (Å²) in [5.41, 5.74) is 1.00. The SMILES string of the molecule is CC(Nc1nc2sccn2c1[N+](=O)[O-])c1nc(C(C)(C)C)cs1. The normalized spacial score (nSPS) is 13.4. The third-order valence-electron chi connectivity index (χ3n) is 3.42. The molecule has 23 heavy (non-hydrogen) atoms. The highest BCUT2D eigenvalue weighted by atomic mass is 32.1. The van der Waals surface area contributed by atoms with Gasteiger partial charge in [0, 0.05) is 16.2 Å². The zero-order valence-electron chi connectivity index (χ0n) is 13.2. The van der Waals surface area contributed by atoms with E-state index in [9.17, 15) is 10.1 Å². The van der Waals surface area contributed by atoms with Crippen molar-refractivity contribution in [3.05, 3.63) is 37.8 Å². The van der Waals surface area contributed by atoms with E-state index in [-0.39, 0.29) is 23.1 Å². The van der Waals surface area contributed by atoms with Gasteiger partial charge in [-0.25, -0.2) is 4.98 Å². The second kappa shape index (κ2) is 5.57. The van der Waals surface area contributed by atoms with Gasteiger partial charge in [-0.2, -0.15) is 9.38 Å². The van der Waals surface area contributed by atoms with E-state index in [1.165, 1.54) is 15.7 Å². The highest BCUT2D eigenvalue weighted by Gasteiger charge is 2.26. The Hall–Kier alpha value is -2.00. The van der Waals surface area contributed by atoms with E-state index in [0.717, 1.165) is 10.7 Å². The minimum absolute atomic E-state index is 0.0164. The number of nitro groups is 1. The molecule has 0 aliphatic rings. The molecular weight excluding hydrogens is 334 g/mol. The van der Waals surface area contributed by atoms with Crippen LogP contribution in [0.5, 0.6) is 0 Å². The molecule has 3 heterocycles. The highest BCUT2D eigenvalue weighted by molar-refractivity contribution is 7.15. The van der Waals surface area contributed by atoms with Gasteiger partial charge in [0.15, 0.2) is 0 Å². The van der Waals surface area contributed by atoms with Crippen molar-refractivity contribution < 1.29 is 4.92 Å². The van der Waals surface area contributed by atoms with E-state index in [1.54, 1.807) is 22.9 Å². The Balaban J connectivity index is 1.89. The molecule has 0 radical (unpaired) electrons. The number of rotatable bonds is 4. The number of nitrogens with one attached hydrogen (secondary N) is 1. The summed E-state index contributed by atoms with van der Waals surface area (Å²) in [5, 5.41) is 19.2. The van der Waals surface area contributed by atoms with Gasteiger partial charge < -0.3 is 15.4 Å². The molecular formula is C14H17N5O2S2.